The molecule has 12 nitrogen and oxygen atoms in total. The summed E-state index contributed by atoms with van der Waals surface area (Å²) in [6.07, 6.45) is -7.84. The summed E-state index contributed by atoms with van der Waals surface area (Å²) in [4.78, 5) is 13.1. The summed E-state index contributed by atoms with van der Waals surface area (Å²) >= 11 is 0. The third-order valence-electron chi connectivity index (χ3n) is 5.64. The van der Waals surface area contributed by atoms with Crippen LogP contribution in [0.1, 0.15) is 0 Å². The van der Waals surface area contributed by atoms with E-state index in [1.807, 2.05) is 0 Å². The molecular weight excluding hydrogens is 468 g/mol. The number of hydrogen-bond acceptors (Lipinski definition) is 12. The Bertz CT molecular complexity index is 1260. The molecule has 6 N–H and O–H groups in total. The summed E-state index contributed by atoms with van der Waals surface area (Å²) in [7, 11) is 2.69. The number of aliphatic hydroxyl groups excluding tert-OH is 4. The van der Waals surface area contributed by atoms with Gasteiger partial charge in [0.25, 0.3) is 0 Å². The van der Waals surface area contributed by atoms with Gasteiger partial charge in [-0.05, 0) is 12.1 Å². The Morgan fingerprint density at radius 1 is 0.886 bits per heavy atom. The Morgan fingerprint density at radius 3 is 2.14 bits per heavy atom. The topological polar surface area (TPSA) is 189 Å². The number of rotatable bonds is 6. The van der Waals surface area contributed by atoms with Crippen LogP contribution in [0.25, 0.3) is 22.3 Å². The molecule has 2 heterocycles. The second-order valence-electron chi connectivity index (χ2n) is 7.84. The Hall–Kier alpha value is -3.55. The van der Waals surface area contributed by atoms with E-state index in [1.165, 1.54) is 32.4 Å². The standard InChI is InChI=1S/C23H24O12/c1-31-15-3-9(4-16(32-2)19(15)27)12-7-11(26)18-13(33-12)5-10(25)6-14(18)34-23-22(30)21(29)20(28)17(8-24)35-23/h3-7,17,20-25,27-30H,8H2,1-2H3/t17?,20-,21+,22?,23-/m1/s1. The first-order valence-electron chi connectivity index (χ1n) is 10.4. The molecule has 4 rings (SSSR count). The first-order chi connectivity index (χ1) is 16.7. The molecule has 1 aliphatic heterocycles. The lowest BCUT2D eigenvalue weighted by Crippen LogP contribution is -2.60. The molecule has 0 aliphatic carbocycles. The van der Waals surface area contributed by atoms with Gasteiger partial charge in [0.2, 0.25) is 12.0 Å². The van der Waals surface area contributed by atoms with Crippen LogP contribution in [0, 0.1) is 0 Å². The molecule has 188 valence electrons. The molecule has 1 aliphatic rings. The van der Waals surface area contributed by atoms with Gasteiger partial charge in [-0.25, -0.2) is 0 Å². The molecule has 0 amide bonds. The van der Waals surface area contributed by atoms with Crippen molar-refractivity contribution in [1.82, 2.24) is 0 Å². The number of ether oxygens (including phenoxy) is 4. The molecule has 1 fully saturated rings. The van der Waals surface area contributed by atoms with Gasteiger partial charge in [0, 0.05) is 23.8 Å². The predicted octanol–water partition coefficient (Wildman–Crippen LogP) is 0.0671. The van der Waals surface area contributed by atoms with Crippen molar-refractivity contribution >= 4 is 11.0 Å². The van der Waals surface area contributed by atoms with Crippen molar-refractivity contribution in [2.75, 3.05) is 20.8 Å². The summed E-state index contributed by atoms with van der Waals surface area (Å²) in [6, 6.07) is 6.26. The highest BCUT2D eigenvalue weighted by Crippen LogP contribution is 2.41. The number of aromatic hydroxyl groups is 2. The minimum atomic E-state index is -1.73. The SMILES string of the molecule is COc1cc(-c2cc(=O)c3c(O[C@@H]4OC(CO)[C@@H](O)[C@H](O)C4O)cc(O)cc3o2)cc(OC)c1O. The van der Waals surface area contributed by atoms with Crippen LogP contribution in [0.2, 0.25) is 0 Å². The van der Waals surface area contributed by atoms with E-state index in [0.29, 0.717) is 5.56 Å². The van der Waals surface area contributed by atoms with Gasteiger partial charge >= 0.3 is 0 Å². The van der Waals surface area contributed by atoms with Gasteiger partial charge in [-0.2, -0.15) is 0 Å². The number of benzene rings is 2. The first kappa shape index (κ1) is 24.6. The number of phenols is 2. The fourth-order valence-electron chi connectivity index (χ4n) is 3.80. The average molecular weight is 492 g/mol. The molecular formula is C23H24O12. The second kappa shape index (κ2) is 9.60. The molecule has 0 saturated carbocycles. The van der Waals surface area contributed by atoms with Crippen molar-refractivity contribution in [1.29, 1.82) is 0 Å². The highest BCUT2D eigenvalue weighted by Gasteiger charge is 2.45. The number of methoxy groups -OCH3 is 2. The maximum Gasteiger partial charge on any atom is 0.229 e. The third kappa shape index (κ3) is 4.45. The molecule has 1 saturated heterocycles. The zero-order valence-electron chi connectivity index (χ0n) is 18.6. The zero-order valence-corrected chi connectivity index (χ0v) is 18.6. The van der Waals surface area contributed by atoms with Crippen molar-refractivity contribution in [3.63, 3.8) is 0 Å². The minimum absolute atomic E-state index is 0.0588. The summed E-state index contributed by atoms with van der Waals surface area (Å²) in [5.41, 5.74) is -0.347. The highest BCUT2D eigenvalue weighted by atomic mass is 16.7. The van der Waals surface area contributed by atoms with Crippen molar-refractivity contribution < 1.29 is 54.0 Å². The van der Waals surface area contributed by atoms with Crippen LogP contribution in [0.5, 0.6) is 28.7 Å². The van der Waals surface area contributed by atoms with Crippen LogP contribution in [0.4, 0.5) is 0 Å². The van der Waals surface area contributed by atoms with Crippen LogP contribution in [-0.2, 0) is 4.74 Å². The lowest BCUT2D eigenvalue weighted by molar-refractivity contribution is -0.277. The predicted molar refractivity (Wildman–Crippen MR) is 119 cm³/mol. The van der Waals surface area contributed by atoms with Gasteiger partial charge in [0.1, 0.15) is 52.6 Å². The van der Waals surface area contributed by atoms with Crippen molar-refractivity contribution in [2.45, 2.75) is 30.7 Å². The normalized spacial score (nSPS) is 24.3. The molecule has 1 aromatic heterocycles. The van der Waals surface area contributed by atoms with E-state index >= 15 is 0 Å². The Balaban J connectivity index is 1.78. The summed E-state index contributed by atoms with van der Waals surface area (Å²) in [5.74, 6) is -0.615. The van der Waals surface area contributed by atoms with Crippen LogP contribution < -0.4 is 19.6 Å². The van der Waals surface area contributed by atoms with E-state index < -0.39 is 42.7 Å². The van der Waals surface area contributed by atoms with Gasteiger partial charge in [-0.15, -0.1) is 0 Å². The van der Waals surface area contributed by atoms with Gasteiger partial charge in [0.15, 0.2) is 16.9 Å². The molecule has 0 radical (unpaired) electrons. The van der Waals surface area contributed by atoms with Crippen LogP contribution in [-0.4, -0.2) is 82.2 Å². The molecule has 35 heavy (non-hydrogen) atoms. The fourth-order valence-corrected chi connectivity index (χ4v) is 3.80. The number of phenolic OH excluding ortho intramolecular Hbond substituents is 2. The lowest BCUT2D eigenvalue weighted by Gasteiger charge is -2.39. The van der Waals surface area contributed by atoms with Gasteiger partial charge < -0.3 is 54.0 Å². The molecule has 5 atom stereocenters. The van der Waals surface area contributed by atoms with Crippen LogP contribution >= 0.6 is 0 Å². The van der Waals surface area contributed by atoms with Crippen molar-refractivity contribution in [3.05, 3.63) is 40.6 Å². The largest absolute Gasteiger partial charge is 0.508 e. The molecule has 12 heteroatoms. The van der Waals surface area contributed by atoms with Crippen molar-refractivity contribution in [2.24, 2.45) is 0 Å². The lowest BCUT2D eigenvalue weighted by atomic mass is 9.99. The molecule has 3 aromatic rings. The van der Waals surface area contributed by atoms with Gasteiger partial charge in [-0.3, -0.25) is 4.79 Å². The highest BCUT2D eigenvalue weighted by molar-refractivity contribution is 5.86. The maximum atomic E-state index is 13.1. The summed E-state index contributed by atoms with van der Waals surface area (Å²) in [5, 5.41) is 59.8. The zero-order chi connectivity index (χ0) is 25.4. The Morgan fingerprint density at radius 2 is 1.54 bits per heavy atom. The Labute approximate surface area is 197 Å². The summed E-state index contributed by atoms with van der Waals surface area (Å²) < 4.78 is 27.0. The summed E-state index contributed by atoms with van der Waals surface area (Å²) in [6.45, 7) is -0.670. The maximum absolute atomic E-state index is 13.1. The molecule has 2 aromatic carbocycles. The number of fused-ring (bicyclic) bond motifs is 1. The van der Waals surface area contributed by atoms with E-state index in [0.717, 1.165) is 12.1 Å². The van der Waals surface area contributed by atoms with Crippen molar-refractivity contribution in [3.8, 4) is 40.1 Å². The van der Waals surface area contributed by atoms with E-state index in [9.17, 15) is 35.4 Å². The van der Waals surface area contributed by atoms with E-state index in [4.69, 9.17) is 23.4 Å². The van der Waals surface area contributed by atoms with E-state index in [2.05, 4.69) is 0 Å². The fraction of sp³-hybridized carbons (Fsp3) is 0.348. The number of hydrogen-bond donors (Lipinski definition) is 6. The van der Waals surface area contributed by atoms with Crippen LogP contribution in [0.3, 0.4) is 0 Å². The van der Waals surface area contributed by atoms with E-state index in [1.54, 1.807) is 0 Å². The number of aliphatic hydroxyl groups is 4. The monoisotopic (exact) mass is 492 g/mol. The Kier molecular flexibility index (Phi) is 6.74. The molecule has 2 unspecified atom stereocenters. The minimum Gasteiger partial charge on any atom is -0.508 e. The smallest absolute Gasteiger partial charge is 0.229 e. The van der Waals surface area contributed by atoms with Gasteiger partial charge in [-0.1, -0.05) is 0 Å². The van der Waals surface area contributed by atoms with E-state index in [-0.39, 0.29) is 45.5 Å². The third-order valence-corrected chi connectivity index (χ3v) is 5.64. The molecule has 0 bridgehead atoms. The second-order valence-corrected chi connectivity index (χ2v) is 7.84. The quantitative estimate of drug-likeness (QED) is 0.272. The van der Waals surface area contributed by atoms with Gasteiger partial charge in [0.05, 0.1) is 20.8 Å². The van der Waals surface area contributed by atoms with Crippen LogP contribution in [0.15, 0.2) is 39.5 Å². The first-order valence-corrected chi connectivity index (χ1v) is 10.4. The molecule has 0 spiro atoms. The average Bonchev–Trinajstić information content (AvgIpc) is 2.83.